The molecule has 45 heavy (non-hydrogen) atoms. The quantitative estimate of drug-likeness (QED) is 0.333. The summed E-state index contributed by atoms with van der Waals surface area (Å²) < 4.78 is 18.3. The number of phenols is 1. The van der Waals surface area contributed by atoms with Gasteiger partial charge >= 0.3 is 0 Å². The van der Waals surface area contributed by atoms with Crippen LogP contribution in [0.2, 0.25) is 5.02 Å². The average Bonchev–Trinajstić information content (AvgIpc) is 3.36. The monoisotopic (exact) mass is 633 g/mol. The van der Waals surface area contributed by atoms with Gasteiger partial charge in [0.05, 0.1) is 40.2 Å². The van der Waals surface area contributed by atoms with Gasteiger partial charge in [0.1, 0.15) is 29.1 Å². The van der Waals surface area contributed by atoms with Crippen molar-refractivity contribution in [2.45, 2.75) is 52.2 Å². The third-order valence-corrected chi connectivity index (χ3v) is 8.72. The van der Waals surface area contributed by atoms with Gasteiger partial charge in [0.25, 0.3) is 11.5 Å². The molecule has 1 N–H and O–H groups in total. The predicted octanol–water partition coefficient (Wildman–Crippen LogP) is 4.38. The lowest BCUT2D eigenvalue weighted by Crippen LogP contribution is -2.66. The van der Waals surface area contributed by atoms with Crippen LogP contribution in [0, 0.1) is 12.7 Å². The fourth-order valence-electron chi connectivity index (χ4n) is 6.42. The number of fused-ring (bicyclic) bond motifs is 5. The Kier molecular flexibility index (Phi) is 7.03. The minimum absolute atomic E-state index is 0.0283. The van der Waals surface area contributed by atoms with Gasteiger partial charge < -0.3 is 19.8 Å². The first-order chi connectivity index (χ1) is 21.2. The van der Waals surface area contributed by atoms with Crippen molar-refractivity contribution in [2.24, 2.45) is 0 Å². The number of aryl methyl sites for hydroxylation is 1. The number of hydrogen-bond donors (Lipinski definition) is 1. The summed E-state index contributed by atoms with van der Waals surface area (Å²) in [6, 6.07) is 4.28. The summed E-state index contributed by atoms with van der Waals surface area (Å²) in [6.45, 7) is 13.4. The van der Waals surface area contributed by atoms with E-state index >= 15 is 4.39 Å². The van der Waals surface area contributed by atoms with E-state index in [0.717, 1.165) is 0 Å². The number of halogens is 2. The third-order valence-electron chi connectivity index (χ3n) is 8.43. The topological polar surface area (TPSA) is 117 Å². The number of anilines is 2. The van der Waals surface area contributed by atoms with Gasteiger partial charge in [0, 0.05) is 30.6 Å². The lowest BCUT2D eigenvalue weighted by atomic mass is 9.97. The van der Waals surface area contributed by atoms with Crippen LogP contribution in [0.5, 0.6) is 5.75 Å². The number of aromatic hydroxyl groups is 1. The Morgan fingerprint density at radius 1 is 1.20 bits per heavy atom. The molecule has 2 aliphatic rings. The normalized spacial score (nSPS) is 18.3. The van der Waals surface area contributed by atoms with Gasteiger partial charge in [-0.15, -0.1) is 0 Å². The standard InChI is InChI=1S/C32H33ClFN7O4/c1-8-23(43)38-14-17(3)39-21(15-38)30(44)37(7)27-26(39)18-12-19(33)25(24-20(34)10-9-11-22(24)42)36-28(18)40(31(27)45)29-16(2)13-35-41(29)32(4,5)6/h8-13,17,21,42H,1,14-15H2,2-7H3/t17-,21+/m0/s1. The van der Waals surface area contributed by atoms with Crippen LogP contribution in [-0.4, -0.2) is 73.4 Å². The van der Waals surface area contributed by atoms with Gasteiger partial charge in [0.15, 0.2) is 5.65 Å². The Balaban J connectivity index is 1.76. The molecule has 2 amide bonds. The SMILES string of the molecule is C=CC(=O)N1C[C@@H]2C(=O)N(C)c3c(c4cc(Cl)c(-c5c(O)cccc5F)nc4n(-c4c(C)cnn4C(C)(C)C)c3=O)N2[C@@H](C)C1. The number of phenolic OH excluding ortho intramolecular Hbond substituents is 1. The highest BCUT2D eigenvalue weighted by atomic mass is 35.5. The maximum absolute atomic E-state index is 15.2. The summed E-state index contributed by atoms with van der Waals surface area (Å²) >= 11 is 6.83. The van der Waals surface area contributed by atoms with E-state index in [2.05, 4.69) is 11.7 Å². The molecule has 234 valence electrons. The van der Waals surface area contributed by atoms with E-state index in [4.69, 9.17) is 16.6 Å². The number of hydrogen-bond acceptors (Lipinski definition) is 7. The van der Waals surface area contributed by atoms with Crippen molar-refractivity contribution < 1.29 is 19.1 Å². The molecule has 6 rings (SSSR count). The number of rotatable bonds is 3. The summed E-state index contributed by atoms with van der Waals surface area (Å²) in [5.41, 5.74) is -0.0536. The predicted molar refractivity (Wildman–Crippen MR) is 171 cm³/mol. The van der Waals surface area contributed by atoms with Crippen molar-refractivity contribution in [3.8, 4) is 22.8 Å². The number of carbonyl (C=O) groups excluding carboxylic acids is 2. The molecule has 1 aromatic carbocycles. The number of benzene rings is 1. The molecule has 3 aromatic heterocycles. The third kappa shape index (κ3) is 4.49. The smallest absolute Gasteiger partial charge is 0.284 e. The van der Waals surface area contributed by atoms with Crippen molar-refractivity contribution >= 4 is 45.8 Å². The minimum Gasteiger partial charge on any atom is -0.507 e. The number of nitrogens with zero attached hydrogens (tertiary/aromatic N) is 7. The molecule has 2 aliphatic heterocycles. The number of aromatic nitrogens is 4. The average molecular weight is 634 g/mol. The van der Waals surface area contributed by atoms with Crippen LogP contribution < -0.4 is 15.4 Å². The number of piperazine rings is 1. The molecule has 11 nitrogen and oxygen atoms in total. The van der Waals surface area contributed by atoms with Crippen LogP contribution in [-0.2, 0) is 15.1 Å². The summed E-state index contributed by atoms with van der Waals surface area (Å²) in [7, 11) is 1.53. The second-order valence-corrected chi connectivity index (χ2v) is 12.9. The van der Waals surface area contributed by atoms with Crippen LogP contribution in [0.4, 0.5) is 15.8 Å². The molecule has 0 unspecified atom stereocenters. The molecule has 0 bridgehead atoms. The van der Waals surface area contributed by atoms with Crippen molar-refractivity contribution in [3.63, 3.8) is 0 Å². The number of likely N-dealkylation sites (N-methyl/N-ethyl adjacent to an activating group) is 1. The lowest BCUT2D eigenvalue weighted by Gasteiger charge is -2.50. The molecule has 2 atom stereocenters. The molecule has 0 radical (unpaired) electrons. The second-order valence-electron chi connectivity index (χ2n) is 12.5. The van der Waals surface area contributed by atoms with Gasteiger partial charge in [-0.3, -0.25) is 14.4 Å². The van der Waals surface area contributed by atoms with Crippen LogP contribution in [0.3, 0.4) is 0 Å². The van der Waals surface area contributed by atoms with E-state index < -0.39 is 29.0 Å². The lowest BCUT2D eigenvalue weighted by molar-refractivity contribution is -0.129. The molecule has 4 aromatic rings. The maximum atomic E-state index is 15.2. The number of amides is 2. The van der Waals surface area contributed by atoms with Crippen LogP contribution >= 0.6 is 11.6 Å². The fraction of sp³-hybridized carbons (Fsp3) is 0.344. The first-order valence-electron chi connectivity index (χ1n) is 14.5. The molecule has 0 spiro atoms. The summed E-state index contributed by atoms with van der Waals surface area (Å²) in [6.07, 6.45) is 2.85. The Labute approximate surface area is 263 Å². The minimum atomic E-state index is -0.801. The van der Waals surface area contributed by atoms with Crippen molar-refractivity contribution in [2.75, 3.05) is 29.9 Å². The molecule has 13 heteroatoms. The van der Waals surface area contributed by atoms with Gasteiger partial charge in [-0.2, -0.15) is 5.10 Å². The van der Waals surface area contributed by atoms with E-state index in [-0.39, 0.29) is 58.3 Å². The summed E-state index contributed by atoms with van der Waals surface area (Å²) in [5, 5.41) is 15.7. The molecule has 1 saturated heterocycles. The van der Waals surface area contributed by atoms with Crippen molar-refractivity contribution in [3.05, 3.63) is 69.9 Å². The Hall–Kier alpha value is -4.71. The molecule has 5 heterocycles. The van der Waals surface area contributed by atoms with E-state index in [1.165, 1.54) is 40.8 Å². The fourth-order valence-corrected chi connectivity index (χ4v) is 6.67. The van der Waals surface area contributed by atoms with E-state index in [9.17, 15) is 19.5 Å². The largest absolute Gasteiger partial charge is 0.507 e. The number of carbonyl (C=O) groups is 2. The first-order valence-corrected chi connectivity index (χ1v) is 14.8. The Morgan fingerprint density at radius 2 is 1.91 bits per heavy atom. The first kappa shape index (κ1) is 30.3. The van der Waals surface area contributed by atoms with Gasteiger partial charge in [0.2, 0.25) is 5.91 Å². The van der Waals surface area contributed by atoms with Gasteiger partial charge in [-0.25, -0.2) is 18.6 Å². The van der Waals surface area contributed by atoms with Crippen molar-refractivity contribution in [1.29, 1.82) is 0 Å². The van der Waals surface area contributed by atoms with Crippen LogP contribution in [0.1, 0.15) is 33.3 Å². The van der Waals surface area contributed by atoms with Gasteiger partial charge in [-0.05, 0) is 58.9 Å². The number of pyridine rings is 2. The highest BCUT2D eigenvalue weighted by Crippen LogP contribution is 2.45. The van der Waals surface area contributed by atoms with Crippen molar-refractivity contribution in [1.82, 2.24) is 24.2 Å². The molecule has 1 fully saturated rings. The highest BCUT2D eigenvalue weighted by molar-refractivity contribution is 6.34. The van der Waals surface area contributed by atoms with E-state index in [1.54, 1.807) is 21.8 Å². The Bertz CT molecular complexity index is 1980. The van der Waals surface area contributed by atoms with E-state index in [1.807, 2.05) is 39.5 Å². The zero-order valence-electron chi connectivity index (χ0n) is 25.8. The molecular weight excluding hydrogens is 601 g/mol. The summed E-state index contributed by atoms with van der Waals surface area (Å²) in [5.74, 6) is -1.35. The zero-order valence-corrected chi connectivity index (χ0v) is 26.6. The maximum Gasteiger partial charge on any atom is 0.284 e. The molecule has 0 aliphatic carbocycles. The van der Waals surface area contributed by atoms with E-state index in [0.29, 0.717) is 22.5 Å². The Morgan fingerprint density at radius 3 is 2.56 bits per heavy atom. The molecular formula is C32H33ClFN7O4. The van der Waals surface area contributed by atoms with Crippen LogP contribution in [0.15, 0.2) is 47.9 Å². The molecule has 0 saturated carbocycles. The van der Waals surface area contributed by atoms with Gasteiger partial charge in [-0.1, -0.05) is 24.2 Å². The second kappa shape index (κ2) is 10.4. The highest BCUT2D eigenvalue weighted by Gasteiger charge is 2.47. The van der Waals surface area contributed by atoms with Crippen LogP contribution in [0.25, 0.3) is 28.1 Å². The summed E-state index contributed by atoms with van der Waals surface area (Å²) in [4.78, 5) is 50.9. The zero-order chi connectivity index (χ0) is 32.7.